The van der Waals surface area contributed by atoms with Crippen molar-refractivity contribution in [3.05, 3.63) is 47.0 Å². The fourth-order valence-corrected chi connectivity index (χ4v) is 3.65. The first-order valence-electron chi connectivity index (χ1n) is 9.37. The molecule has 1 aromatic carbocycles. The van der Waals surface area contributed by atoms with Crippen LogP contribution in [0.5, 0.6) is 0 Å². The molecular weight excluding hydrogens is 358 g/mol. The fourth-order valence-electron chi connectivity index (χ4n) is 3.65. The number of urea groups is 1. The highest BCUT2D eigenvalue weighted by Crippen LogP contribution is 2.21. The molecule has 2 aromatic heterocycles. The summed E-state index contributed by atoms with van der Waals surface area (Å²) in [5.74, 6) is 0.570. The number of hydrogen-bond donors (Lipinski definition) is 3. The Morgan fingerprint density at radius 3 is 2.89 bits per heavy atom. The van der Waals surface area contributed by atoms with E-state index in [4.69, 9.17) is 0 Å². The molecule has 0 saturated carbocycles. The number of carbonyl (C=O) groups is 2. The molecule has 3 aromatic rings. The summed E-state index contributed by atoms with van der Waals surface area (Å²) >= 11 is 0. The Kier molecular flexibility index (Phi) is 4.72. The van der Waals surface area contributed by atoms with Gasteiger partial charge >= 0.3 is 6.03 Å². The summed E-state index contributed by atoms with van der Waals surface area (Å²) in [6.45, 7) is 4.11. The van der Waals surface area contributed by atoms with E-state index in [1.165, 1.54) is 0 Å². The smallest absolute Gasteiger partial charge is 0.318 e. The SMILES string of the molecule is CCn1c(CNC(=O)N2CCc3[nH]nc(C(=O)NC)c3C2)nc2ccccc21. The number of aryl methyl sites for hydroxylation is 1. The fraction of sp³-hybridized carbons (Fsp3) is 0.368. The van der Waals surface area contributed by atoms with Crippen molar-refractivity contribution in [1.29, 1.82) is 0 Å². The number of amides is 3. The lowest BCUT2D eigenvalue weighted by atomic mass is 10.1. The van der Waals surface area contributed by atoms with Crippen LogP contribution in [-0.2, 0) is 26.1 Å². The molecule has 9 heteroatoms. The van der Waals surface area contributed by atoms with Crippen molar-refractivity contribution in [2.75, 3.05) is 13.6 Å². The minimum Gasteiger partial charge on any atom is -0.354 e. The van der Waals surface area contributed by atoms with Crippen LogP contribution in [0, 0.1) is 0 Å². The van der Waals surface area contributed by atoms with Crippen molar-refractivity contribution in [1.82, 2.24) is 35.3 Å². The van der Waals surface area contributed by atoms with Gasteiger partial charge in [-0.3, -0.25) is 9.89 Å². The molecule has 28 heavy (non-hydrogen) atoms. The molecule has 3 heterocycles. The Morgan fingerprint density at radius 2 is 2.11 bits per heavy atom. The zero-order chi connectivity index (χ0) is 19.7. The van der Waals surface area contributed by atoms with Gasteiger partial charge in [0.25, 0.3) is 5.91 Å². The minimum absolute atomic E-state index is 0.176. The van der Waals surface area contributed by atoms with Crippen molar-refractivity contribution in [2.24, 2.45) is 0 Å². The predicted molar refractivity (Wildman–Crippen MR) is 104 cm³/mol. The molecular formula is C19H23N7O2. The molecule has 1 aliphatic heterocycles. The van der Waals surface area contributed by atoms with Crippen LogP contribution in [0.2, 0.25) is 0 Å². The molecule has 0 atom stereocenters. The molecule has 0 radical (unpaired) electrons. The van der Waals surface area contributed by atoms with E-state index in [-0.39, 0.29) is 11.9 Å². The van der Waals surface area contributed by atoms with Gasteiger partial charge in [-0.05, 0) is 19.1 Å². The lowest BCUT2D eigenvalue weighted by molar-refractivity contribution is 0.0955. The van der Waals surface area contributed by atoms with E-state index in [1.54, 1.807) is 11.9 Å². The highest BCUT2D eigenvalue weighted by molar-refractivity contribution is 5.94. The summed E-state index contributed by atoms with van der Waals surface area (Å²) in [6.07, 6.45) is 0.639. The number of H-pyrrole nitrogens is 1. The van der Waals surface area contributed by atoms with Crippen LogP contribution in [0.3, 0.4) is 0 Å². The summed E-state index contributed by atoms with van der Waals surface area (Å²) in [5.41, 5.74) is 4.02. The largest absolute Gasteiger partial charge is 0.354 e. The topological polar surface area (TPSA) is 108 Å². The Bertz CT molecular complexity index is 1040. The average molecular weight is 381 g/mol. The number of nitrogens with one attached hydrogen (secondary N) is 3. The van der Waals surface area contributed by atoms with Gasteiger partial charge in [0, 0.05) is 37.8 Å². The van der Waals surface area contributed by atoms with Gasteiger partial charge in [0.1, 0.15) is 5.82 Å². The van der Waals surface area contributed by atoms with Crippen molar-refractivity contribution in [2.45, 2.75) is 33.0 Å². The zero-order valence-electron chi connectivity index (χ0n) is 16.0. The van der Waals surface area contributed by atoms with Crippen LogP contribution in [0.15, 0.2) is 24.3 Å². The number of imidazole rings is 1. The summed E-state index contributed by atoms with van der Waals surface area (Å²) in [7, 11) is 1.57. The lowest BCUT2D eigenvalue weighted by Crippen LogP contribution is -2.43. The van der Waals surface area contributed by atoms with Crippen LogP contribution < -0.4 is 10.6 Å². The van der Waals surface area contributed by atoms with Gasteiger partial charge in [0.15, 0.2) is 5.69 Å². The molecule has 0 fully saturated rings. The molecule has 3 amide bonds. The number of para-hydroxylation sites is 2. The third kappa shape index (κ3) is 3.08. The maximum atomic E-state index is 12.7. The van der Waals surface area contributed by atoms with Crippen molar-refractivity contribution < 1.29 is 9.59 Å². The van der Waals surface area contributed by atoms with E-state index in [2.05, 4.69) is 37.3 Å². The Hall–Kier alpha value is -3.36. The third-order valence-electron chi connectivity index (χ3n) is 5.11. The normalized spacial score (nSPS) is 13.4. The molecule has 1 aliphatic rings. The van der Waals surface area contributed by atoms with Gasteiger partial charge in [0.05, 0.1) is 24.1 Å². The highest BCUT2D eigenvalue weighted by Gasteiger charge is 2.27. The standard InChI is InChI=1S/C19H23N7O2/c1-3-26-15-7-5-4-6-14(15)22-16(26)10-21-19(28)25-9-8-13-12(11-25)17(24-23-13)18(27)20-2/h4-7H,3,8-11H2,1-2H3,(H,20,27)(H,21,28)(H,23,24). The highest BCUT2D eigenvalue weighted by atomic mass is 16.2. The van der Waals surface area contributed by atoms with Crippen molar-refractivity contribution in [3.63, 3.8) is 0 Å². The number of fused-ring (bicyclic) bond motifs is 2. The first-order valence-corrected chi connectivity index (χ1v) is 9.37. The molecule has 3 N–H and O–H groups in total. The average Bonchev–Trinajstić information content (AvgIpc) is 3.31. The predicted octanol–water partition coefficient (Wildman–Crippen LogP) is 1.41. The van der Waals surface area contributed by atoms with Gasteiger partial charge in [-0.1, -0.05) is 12.1 Å². The third-order valence-corrected chi connectivity index (χ3v) is 5.11. The molecule has 0 spiro atoms. The second-order valence-corrected chi connectivity index (χ2v) is 6.70. The van der Waals surface area contributed by atoms with Gasteiger partial charge in [-0.25, -0.2) is 9.78 Å². The molecule has 146 valence electrons. The van der Waals surface area contributed by atoms with Crippen LogP contribution in [0.25, 0.3) is 11.0 Å². The molecule has 0 aliphatic carbocycles. The van der Waals surface area contributed by atoms with E-state index in [9.17, 15) is 9.59 Å². The van der Waals surface area contributed by atoms with Gasteiger partial charge in [0.2, 0.25) is 0 Å². The van der Waals surface area contributed by atoms with E-state index >= 15 is 0 Å². The maximum Gasteiger partial charge on any atom is 0.318 e. The van der Waals surface area contributed by atoms with Crippen LogP contribution in [-0.4, -0.2) is 50.2 Å². The van der Waals surface area contributed by atoms with Gasteiger partial charge in [-0.2, -0.15) is 5.10 Å². The molecule has 0 saturated heterocycles. The molecule has 0 unspecified atom stereocenters. The molecule has 4 rings (SSSR count). The van der Waals surface area contributed by atoms with Crippen molar-refractivity contribution >= 4 is 23.0 Å². The van der Waals surface area contributed by atoms with Crippen LogP contribution in [0.4, 0.5) is 4.79 Å². The number of rotatable bonds is 4. The summed E-state index contributed by atoms with van der Waals surface area (Å²) in [6, 6.07) is 7.77. The Morgan fingerprint density at radius 1 is 1.29 bits per heavy atom. The summed E-state index contributed by atoms with van der Waals surface area (Å²) in [4.78, 5) is 31.0. The first kappa shape index (κ1) is 18.0. The Labute approximate surface area is 162 Å². The Balaban J connectivity index is 1.47. The van der Waals surface area contributed by atoms with E-state index in [0.29, 0.717) is 31.7 Å². The van der Waals surface area contributed by atoms with Crippen molar-refractivity contribution in [3.8, 4) is 0 Å². The molecule has 0 bridgehead atoms. The number of nitrogens with zero attached hydrogens (tertiary/aromatic N) is 4. The number of carbonyl (C=O) groups excluding carboxylic acids is 2. The number of aromatic amines is 1. The van der Waals surface area contributed by atoms with E-state index < -0.39 is 0 Å². The van der Waals surface area contributed by atoms with Gasteiger partial charge < -0.3 is 20.1 Å². The minimum atomic E-state index is -0.253. The number of benzene rings is 1. The second kappa shape index (κ2) is 7.34. The second-order valence-electron chi connectivity index (χ2n) is 6.70. The zero-order valence-corrected chi connectivity index (χ0v) is 16.0. The van der Waals surface area contributed by atoms with E-state index in [0.717, 1.165) is 34.7 Å². The number of aromatic nitrogens is 4. The lowest BCUT2D eigenvalue weighted by Gasteiger charge is -2.27. The number of hydrogen-bond acceptors (Lipinski definition) is 4. The van der Waals surface area contributed by atoms with Crippen LogP contribution in [0.1, 0.15) is 34.5 Å². The molecule has 9 nitrogen and oxygen atoms in total. The van der Waals surface area contributed by atoms with E-state index in [1.807, 2.05) is 24.3 Å². The summed E-state index contributed by atoms with van der Waals surface area (Å²) in [5, 5.41) is 12.5. The monoisotopic (exact) mass is 381 g/mol. The van der Waals surface area contributed by atoms with Crippen LogP contribution >= 0.6 is 0 Å². The first-order chi connectivity index (χ1) is 13.6. The quantitative estimate of drug-likeness (QED) is 0.635. The van der Waals surface area contributed by atoms with Gasteiger partial charge in [-0.15, -0.1) is 0 Å². The maximum absolute atomic E-state index is 12.7. The summed E-state index contributed by atoms with van der Waals surface area (Å²) < 4.78 is 2.10.